The fourth-order valence-corrected chi connectivity index (χ4v) is 1.97. The van der Waals surface area contributed by atoms with Crippen molar-refractivity contribution in [3.8, 4) is 0 Å². The maximum absolute atomic E-state index is 4.15. The zero-order valence-corrected chi connectivity index (χ0v) is 11.0. The molecule has 0 aliphatic heterocycles. The van der Waals surface area contributed by atoms with Gasteiger partial charge in [0.15, 0.2) is 11.6 Å². The molecule has 20 heavy (non-hydrogen) atoms. The van der Waals surface area contributed by atoms with Gasteiger partial charge in [-0.05, 0) is 11.1 Å². The summed E-state index contributed by atoms with van der Waals surface area (Å²) in [6, 6.07) is 20.2. The van der Waals surface area contributed by atoms with Crippen LogP contribution >= 0.6 is 0 Å². The van der Waals surface area contributed by atoms with Gasteiger partial charge in [-0.2, -0.15) is 0 Å². The van der Waals surface area contributed by atoms with E-state index in [0.717, 1.165) is 11.1 Å². The standard InChI is InChI=1S/C16H14N4/c1-3-7-13(8-4-1)11-15-17-19-16(20-18-15)12-14-9-5-2-6-10-14/h1-10H,11-12H2. The molecule has 4 nitrogen and oxygen atoms in total. The first kappa shape index (κ1) is 12.4. The number of benzene rings is 2. The van der Waals surface area contributed by atoms with Crippen LogP contribution in [0.1, 0.15) is 22.8 Å². The first-order chi connectivity index (χ1) is 9.90. The SMILES string of the molecule is c1ccc(Cc2nnc(Cc3ccccc3)nn2)cc1. The van der Waals surface area contributed by atoms with Crippen molar-refractivity contribution in [2.45, 2.75) is 12.8 Å². The van der Waals surface area contributed by atoms with Crippen LogP contribution in [-0.2, 0) is 12.8 Å². The van der Waals surface area contributed by atoms with Gasteiger partial charge in [-0.15, -0.1) is 20.4 Å². The summed E-state index contributed by atoms with van der Waals surface area (Å²) in [7, 11) is 0. The Bertz CT molecular complexity index is 591. The van der Waals surface area contributed by atoms with Gasteiger partial charge in [-0.25, -0.2) is 0 Å². The minimum Gasteiger partial charge on any atom is -0.131 e. The fourth-order valence-electron chi connectivity index (χ4n) is 1.97. The molecule has 0 amide bonds. The van der Waals surface area contributed by atoms with Crippen molar-refractivity contribution in [2.75, 3.05) is 0 Å². The summed E-state index contributed by atoms with van der Waals surface area (Å²) in [6.45, 7) is 0. The third-order valence-corrected chi connectivity index (χ3v) is 2.97. The van der Waals surface area contributed by atoms with Gasteiger partial charge in [0.05, 0.1) is 0 Å². The molecule has 0 unspecified atom stereocenters. The van der Waals surface area contributed by atoms with E-state index in [9.17, 15) is 0 Å². The van der Waals surface area contributed by atoms with Crippen LogP contribution in [0, 0.1) is 0 Å². The van der Waals surface area contributed by atoms with Gasteiger partial charge in [0.1, 0.15) is 0 Å². The predicted octanol–water partition coefficient (Wildman–Crippen LogP) is 2.45. The van der Waals surface area contributed by atoms with Crippen molar-refractivity contribution in [1.29, 1.82) is 0 Å². The van der Waals surface area contributed by atoms with Crippen LogP contribution in [0.5, 0.6) is 0 Å². The van der Waals surface area contributed by atoms with Crippen LogP contribution < -0.4 is 0 Å². The van der Waals surface area contributed by atoms with Crippen LogP contribution in [0.3, 0.4) is 0 Å². The second kappa shape index (κ2) is 6.02. The lowest BCUT2D eigenvalue weighted by molar-refractivity contribution is 0.727. The van der Waals surface area contributed by atoms with Gasteiger partial charge in [0.25, 0.3) is 0 Å². The molecule has 98 valence electrons. The second-order valence-electron chi connectivity index (χ2n) is 4.56. The van der Waals surface area contributed by atoms with Crippen LogP contribution in [0.15, 0.2) is 60.7 Å². The van der Waals surface area contributed by atoms with Crippen molar-refractivity contribution in [2.24, 2.45) is 0 Å². The minimum absolute atomic E-state index is 0.646. The van der Waals surface area contributed by atoms with Crippen molar-refractivity contribution in [3.05, 3.63) is 83.4 Å². The van der Waals surface area contributed by atoms with E-state index in [1.54, 1.807) is 0 Å². The number of rotatable bonds is 4. The highest BCUT2D eigenvalue weighted by molar-refractivity contribution is 5.19. The van der Waals surface area contributed by atoms with E-state index in [1.807, 2.05) is 60.7 Å². The molecule has 0 spiro atoms. The predicted molar refractivity (Wildman–Crippen MR) is 76.1 cm³/mol. The molecule has 2 aromatic carbocycles. The summed E-state index contributed by atoms with van der Waals surface area (Å²) in [4.78, 5) is 0. The molecule has 0 atom stereocenters. The molecule has 1 heterocycles. The summed E-state index contributed by atoms with van der Waals surface area (Å²) in [5.41, 5.74) is 2.32. The maximum Gasteiger partial charge on any atom is 0.177 e. The van der Waals surface area contributed by atoms with E-state index in [-0.39, 0.29) is 0 Å². The molecule has 0 aliphatic rings. The summed E-state index contributed by atoms with van der Waals surface area (Å²) in [6.07, 6.45) is 1.32. The van der Waals surface area contributed by atoms with E-state index in [4.69, 9.17) is 0 Å². The molecule has 0 bridgehead atoms. The molecule has 0 aliphatic carbocycles. The van der Waals surface area contributed by atoms with Crippen molar-refractivity contribution >= 4 is 0 Å². The largest absolute Gasteiger partial charge is 0.177 e. The Hall–Kier alpha value is -2.62. The van der Waals surface area contributed by atoms with Crippen molar-refractivity contribution in [3.63, 3.8) is 0 Å². The lowest BCUT2D eigenvalue weighted by atomic mass is 10.1. The smallest absolute Gasteiger partial charge is 0.131 e. The van der Waals surface area contributed by atoms with Gasteiger partial charge in [0, 0.05) is 12.8 Å². The first-order valence-corrected chi connectivity index (χ1v) is 6.53. The topological polar surface area (TPSA) is 51.6 Å². The third kappa shape index (κ3) is 3.23. The molecule has 3 aromatic rings. The molecular formula is C16H14N4. The molecule has 3 rings (SSSR count). The van der Waals surface area contributed by atoms with E-state index in [0.29, 0.717) is 24.5 Å². The Balaban J connectivity index is 1.69. The molecule has 0 N–H and O–H groups in total. The second-order valence-corrected chi connectivity index (χ2v) is 4.56. The molecule has 0 saturated heterocycles. The summed E-state index contributed by atoms with van der Waals surface area (Å²) in [5, 5.41) is 16.6. The molecule has 4 heteroatoms. The normalized spacial score (nSPS) is 10.4. The highest BCUT2D eigenvalue weighted by Crippen LogP contribution is 2.05. The molecule has 0 radical (unpaired) electrons. The average Bonchev–Trinajstić information content (AvgIpc) is 2.51. The zero-order valence-electron chi connectivity index (χ0n) is 11.0. The Morgan fingerprint density at radius 2 is 0.850 bits per heavy atom. The fraction of sp³-hybridized carbons (Fsp3) is 0.125. The van der Waals surface area contributed by atoms with Crippen molar-refractivity contribution in [1.82, 2.24) is 20.4 Å². The summed E-state index contributed by atoms with van der Waals surface area (Å²) in [5.74, 6) is 1.29. The first-order valence-electron chi connectivity index (χ1n) is 6.53. The number of hydrogen-bond acceptors (Lipinski definition) is 4. The number of nitrogens with zero attached hydrogens (tertiary/aromatic N) is 4. The molecular weight excluding hydrogens is 248 g/mol. The third-order valence-electron chi connectivity index (χ3n) is 2.97. The molecule has 0 saturated carbocycles. The lowest BCUT2D eigenvalue weighted by Gasteiger charge is -2.01. The lowest BCUT2D eigenvalue weighted by Crippen LogP contribution is -2.06. The van der Waals surface area contributed by atoms with E-state index < -0.39 is 0 Å². The molecule has 0 fully saturated rings. The zero-order chi connectivity index (χ0) is 13.6. The highest BCUT2D eigenvalue weighted by Gasteiger charge is 2.03. The van der Waals surface area contributed by atoms with Gasteiger partial charge in [0.2, 0.25) is 0 Å². The van der Waals surface area contributed by atoms with Crippen LogP contribution in [0.2, 0.25) is 0 Å². The van der Waals surface area contributed by atoms with Gasteiger partial charge in [-0.1, -0.05) is 60.7 Å². The van der Waals surface area contributed by atoms with Crippen LogP contribution in [0.4, 0.5) is 0 Å². The summed E-state index contributed by atoms with van der Waals surface area (Å²) >= 11 is 0. The van der Waals surface area contributed by atoms with E-state index in [1.165, 1.54) is 0 Å². The Labute approximate surface area is 117 Å². The van der Waals surface area contributed by atoms with E-state index in [2.05, 4.69) is 20.4 Å². The average molecular weight is 262 g/mol. The maximum atomic E-state index is 4.15. The number of aromatic nitrogens is 4. The molecule has 1 aromatic heterocycles. The summed E-state index contributed by atoms with van der Waals surface area (Å²) < 4.78 is 0. The Morgan fingerprint density at radius 1 is 0.500 bits per heavy atom. The van der Waals surface area contributed by atoms with Gasteiger partial charge in [-0.3, -0.25) is 0 Å². The number of hydrogen-bond donors (Lipinski definition) is 0. The Kier molecular flexibility index (Phi) is 3.73. The van der Waals surface area contributed by atoms with Crippen LogP contribution in [-0.4, -0.2) is 20.4 Å². The van der Waals surface area contributed by atoms with E-state index >= 15 is 0 Å². The van der Waals surface area contributed by atoms with Crippen molar-refractivity contribution < 1.29 is 0 Å². The minimum atomic E-state index is 0.646. The monoisotopic (exact) mass is 262 g/mol. The van der Waals surface area contributed by atoms with Gasteiger partial charge >= 0.3 is 0 Å². The quantitative estimate of drug-likeness (QED) is 0.724. The highest BCUT2D eigenvalue weighted by atomic mass is 15.3. The van der Waals surface area contributed by atoms with Gasteiger partial charge < -0.3 is 0 Å². The Morgan fingerprint density at radius 3 is 1.20 bits per heavy atom. The van der Waals surface area contributed by atoms with Crippen LogP contribution in [0.25, 0.3) is 0 Å².